The number of imidazole rings is 2. The Labute approximate surface area is 215 Å². The number of benzene rings is 1. The van der Waals surface area contributed by atoms with Crippen molar-refractivity contribution >= 4 is 5.91 Å². The normalized spacial score (nSPS) is 14.2. The quantitative estimate of drug-likeness (QED) is 0.300. The lowest BCUT2D eigenvalue weighted by Gasteiger charge is -2.27. The molecule has 4 rings (SSSR count). The van der Waals surface area contributed by atoms with Crippen molar-refractivity contribution in [3.63, 3.8) is 0 Å². The molecule has 8 heteroatoms. The number of fused-ring (bicyclic) bond motifs is 1. The van der Waals surface area contributed by atoms with E-state index >= 15 is 0 Å². The average molecular weight is 492 g/mol. The van der Waals surface area contributed by atoms with Crippen LogP contribution in [-0.4, -0.2) is 66.7 Å². The van der Waals surface area contributed by atoms with Crippen LogP contribution < -0.4 is 0 Å². The number of unbranched alkanes of at least 4 members (excludes halogenated alkanes) is 1. The van der Waals surface area contributed by atoms with Crippen LogP contribution in [0.25, 0.3) is 0 Å². The maximum Gasteiger partial charge on any atom is 0.254 e. The number of amides is 1. The molecule has 0 saturated heterocycles. The van der Waals surface area contributed by atoms with Gasteiger partial charge in [-0.25, -0.2) is 9.97 Å². The molecule has 1 aliphatic rings. The van der Waals surface area contributed by atoms with Gasteiger partial charge in [0.2, 0.25) is 0 Å². The molecule has 1 unspecified atom stereocenters. The number of rotatable bonds is 15. The van der Waals surface area contributed by atoms with E-state index in [2.05, 4.69) is 62.6 Å². The van der Waals surface area contributed by atoms with Crippen LogP contribution in [0, 0.1) is 0 Å². The third-order valence-corrected chi connectivity index (χ3v) is 7.04. The lowest BCUT2D eigenvalue weighted by Crippen LogP contribution is -2.28. The van der Waals surface area contributed by atoms with Gasteiger partial charge in [-0.2, -0.15) is 0 Å². The topological polar surface area (TPSA) is 84.2 Å². The minimum absolute atomic E-state index is 0.0940. The van der Waals surface area contributed by atoms with Crippen LogP contribution in [0.5, 0.6) is 0 Å². The molecule has 0 aliphatic carbocycles. The van der Waals surface area contributed by atoms with E-state index in [1.807, 2.05) is 23.4 Å². The number of carbonyl (C=O) groups excluding carboxylic acids is 1. The number of carbonyl (C=O) groups is 1. The molecule has 0 fully saturated rings. The summed E-state index contributed by atoms with van der Waals surface area (Å²) in [6.07, 6.45) is 11.9. The van der Waals surface area contributed by atoms with Crippen LogP contribution in [0.1, 0.15) is 85.6 Å². The van der Waals surface area contributed by atoms with Crippen molar-refractivity contribution in [1.82, 2.24) is 34.6 Å². The van der Waals surface area contributed by atoms with Crippen molar-refractivity contribution in [2.75, 3.05) is 26.2 Å². The summed E-state index contributed by atoms with van der Waals surface area (Å²) in [6.45, 7) is 13.1. The first kappa shape index (κ1) is 26.1. The standard InChI is InChI=1S/C28H41N7O/c1-4-14-33(15-5-2)16-6-7-17-34-20-24-18-23(8-9-25(24)28(34)36)19-35(21-26-29-10-11-30-26)22(3)27-31-12-13-32-27/h8-13,18,22H,4-7,14-17,19-21H2,1-3H3,(H,29,30)(H,31,32). The highest BCUT2D eigenvalue weighted by Gasteiger charge is 2.27. The lowest BCUT2D eigenvalue weighted by atomic mass is 10.1. The van der Waals surface area contributed by atoms with Gasteiger partial charge in [0.05, 0.1) is 12.6 Å². The molecule has 0 bridgehead atoms. The molecule has 1 atom stereocenters. The summed E-state index contributed by atoms with van der Waals surface area (Å²) in [6, 6.07) is 6.41. The zero-order chi connectivity index (χ0) is 25.3. The first-order valence-corrected chi connectivity index (χ1v) is 13.4. The summed E-state index contributed by atoms with van der Waals surface area (Å²) in [5.74, 6) is 2.03. The Balaban J connectivity index is 1.36. The molecular formula is C28H41N7O. The predicted octanol–water partition coefficient (Wildman–Crippen LogP) is 4.75. The van der Waals surface area contributed by atoms with E-state index in [-0.39, 0.29) is 11.9 Å². The van der Waals surface area contributed by atoms with Crippen molar-refractivity contribution in [2.45, 2.75) is 72.1 Å². The molecule has 0 radical (unpaired) electrons. The van der Waals surface area contributed by atoms with E-state index in [1.54, 1.807) is 12.4 Å². The molecule has 0 saturated carbocycles. The zero-order valence-corrected chi connectivity index (χ0v) is 22.0. The molecule has 3 aromatic rings. The maximum absolute atomic E-state index is 13.0. The monoisotopic (exact) mass is 491 g/mol. The number of hydrogen-bond donors (Lipinski definition) is 2. The molecule has 3 heterocycles. The van der Waals surface area contributed by atoms with E-state index in [0.717, 1.165) is 55.3 Å². The van der Waals surface area contributed by atoms with Crippen LogP contribution in [0.3, 0.4) is 0 Å². The molecule has 194 valence electrons. The largest absolute Gasteiger partial charge is 0.348 e. The van der Waals surface area contributed by atoms with E-state index in [4.69, 9.17) is 0 Å². The Kier molecular flexibility index (Phi) is 9.30. The van der Waals surface area contributed by atoms with Gasteiger partial charge < -0.3 is 19.8 Å². The number of hydrogen-bond acceptors (Lipinski definition) is 5. The Morgan fingerprint density at radius 2 is 1.78 bits per heavy atom. The molecule has 2 N–H and O–H groups in total. The SMILES string of the molecule is CCCN(CCC)CCCCN1Cc2cc(CN(Cc3ncc[nH]3)C(C)c3ncc[nH]3)ccc2C1=O. The minimum Gasteiger partial charge on any atom is -0.348 e. The Bertz CT molecular complexity index is 1060. The van der Waals surface area contributed by atoms with Gasteiger partial charge in [-0.15, -0.1) is 0 Å². The molecular weight excluding hydrogens is 450 g/mol. The third-order valence-electron chi connectivity index (χ3n) is 7.04. The van der Waals surface area contributed by atoms with Crippen LogP contribution >= 0.6 is 0 Å². The van der Waals surface area contributed by atoms with Gasteiger partial charge >= 0.3 is 0 Å². The van der Waals surface area contributed by atoms with E-state index < -0.39 is 0 Å². The van der Waals surface area contributed by atoms with Gasteiger partial charge in [-0.1, -0.05) is 26.0 Å². The van der Waals surface area contributed by atoms with Gasteiger partial charge in [0.15, 0.2) is 0 Å². The van der Waals surface area contributed by atoms with E-state index in [0.29, 0.717) is 13.1 Å². The second-order valence-electron chi connectivity index (χ2n) is 9.86. The summed E-state index contributed by atoms with van der Waals surface area (Å²) >= 11 is 0. The molecule has 1 aliphatic heterocycles. The van der Waals surface area contributed by atoms with Crippen molar-refractivity contribution < 1.29 is 4.79 Å². The molecule has 0 spiro atoms. The highest BCUT2D eigenvalue weighted by Crippen LogP contribution is 2.27. The number of aromatic nitrogens is 4. The lowest BCUT2D eigenvalue weighted by molar-refractivity contribution is 0.0774. The van der Waals surface area contributed by atoms with Gasteiger partial charge in [-0.3, -0.25) is 9.69 Å². The van der Waals surface area contributed by atoms with Crippen molar-refractivity contribution in [3.05, 3.63) is 71.3 Å². The second kappa shape index (κ2) is 12.8. The van der Waals surface area contributed by atoms with Crippen molar-refractivity contribution in [2.24, 2.45) is 0 Å². The van der Waals surface area contributed by atoms with Gasteiger partial charge in [0.1, 0.15) is 11.6 Å². The van der Waals surface area contributed by atoms with Gasteiger partial charge in [0, 0.05) is 50.0 Å². The smallest absolute Gasteiger partial charge is 0.254 e. The molecule has 8 nitrogen and oxygen atoms in total. The fraction of sp³-hybridized carbons (Fsp3) is 0.536. The first-order chi connectivity index (χ1) is 17.6. The fourth-order valence-electron chi connectivity index (χ4n) is 5.14. The van der Waals surface area contributed by atoms with Crippen LogP contribution in [0.15, 0.2) is 43.0 Å². The third kappa shape index (κ3) is 6.62. The number of H-pyrrole nitrogens is 2. The van der Waals surface area contributed by atoms with Crippen LogP contribution in [-0.2, 0) is 19.6 Å². The second-order valence-corrected chi connectivity index (χ2v) is 9.86. The van der Waals surface area contributed by atoms with Crippen LogP contribution in [0.4, 0.5) is 0 Å². The zero-order valence-electron chi connectivity index (χ0n) is 22.0. The number of nitrogens with one attached hydrogen (secondary N) is 2. The molecule has 2 aromatic heterocycles. The van der Waals surface area contributed by atoms with Gasteiger partial charge in [0.25, 0.3) is 5.91 Å². The highest BCUT2D eigenvalue weighted by molar-refractivity contribution is 5.98. The summed E-state index contributed by atoms with van der Waals surface area (Å²) in [5.41, 5.74) is 3.19. The molecule has 1 amide bonds. The average Bonchev–Trinajstić information content (AvgIpc) is 3.64. The van der Waals surface area contributed by atoms with E-state index in [1.165, 1.54) is 31.5 Å². The van der Waals surface area contributed by atoms with E-state index in [9.17, 15) is 4.79 Å². The minimum atomic E-state index is 0.0940. The molecule has 36 heavy (non-hydrogen) atoms. The van der Waals surface area contributed by atoms with Crippen molar-refractivity contribution in [3.8, 4) is 0 Å². The number of nitrogens with zero attached hydrogens (tertiary/aromatic N) is 5. The maximum atomic E-state index is 13.0. The summed E-state index contributed by atoms with van der Waals surface area (Å²) in [4.78, 5) is 35.3. The Morgan fingerprint density at radius 3 is 2.47 bits per heavy atom. The summed E-state index contributed by atoms with van der Waals surface area (Å²) < 4.78 is 0. The summed E-state index contributed by atoms with van der Waals surface area (Å²) in [5, 5.41) is 0. The van der Waals surface area contributed by atoms with Crippen molar-refractivity contribution in [1.29, 1.82) is 0 Å². The Morgan fingerprint density at radius 1 is 1.00 bits per heavy atom. The predicted molar refractivity (Wildman–Crippen MR) is 142 cm³/mol. The van der Waals surface area contributed by atoms with Crippen LogP contribution in [0.2, 0.25) is 0 Å². The molecule has 1 aromatic carbocycles. The number of aromatic amines is 2. The first-order valence-electron chi connectivity index (χ1n) is 13.4. The van der Waals surface area contributed by atoms with Gasteiger partial charge in [-0.05, 0) is 69.4 Å². The fourth-order valence-corrected chi connectivity index (χ4v) is 5.14. The highest BCUT2D eigenvalue weighted by atomic mass is 16.2. The summed E-state index contributed by atoms with van der Waals surface area (Å²) in [7, 11) is 0. The Hall–Kier alpha value is -2.97.